The van der Waals surface area contributed by atoms with Crippen LogP contribution in [0.25, 0.3) is 0 Å². The molecule has 3 aliphatic rings. The highest BCUT2D eigenvalue weighted by molar-refractivity contribution is 5.68. The van der Waals surface area contributed by atoms with Gasteiger partial charge < -0.3 is 10.1 Å². The highest BCUT2D eigenvalue weighted by Gasteiger charge is 2.34. The SMILES string of the molecule is CC(C)(C)OC(=O)N[C@H]1CC[C@@H](N2CCN(C3CC3)CC2)CC1. The second-order valence-corrected chi connectivity index (χ2v) is 8.45. The monoisotopic (exact) mass is 323 g/mol. The van der Waals surface area contributed by atoms with Crippen LogP contribution in [-0.4, -0.2) is 65.8 Å². The Bertz CT molecular complexity index is 401. The van der Waals surface area contributed by atoms with Crippen LogP contribution in [0.15, 0.2) is 0 Å². The Balaban J connectivity index is 1.36. The number of carbonyl (C=O) groups is 1. The highest BCUT2D eigenvalue weighted by atomic mass is 16.6. The number of hydrogen-bond donors (Lipinski definition) is 1. The molecule has 0 aromatic heterocycles. The molecule has 2 saturated carbocycles. The molecular weight excluding hydrogens is 290 g/mol. The zero-order valence-corrected chi connectivity index (χ0v) is 15.0. The maximum atomic E-state index is 11.9. The van der Waals surface area contributed by atoms with Gasteiger partial charge in [0.1, 0.15) is 5.60 Å². The number of ether oxygens (including phenoxy) is 1. The second kappa shape index (κ2) is 6.98. The Hall–Kier alpha value is -0.810. The van der Waals surface area contributed by atoms with Crippen LogP contribution in [-0.2, 0) is 4.74 Å². The quantitative estimate of drug-likeness (QED) is 0.867. The molecule has 1 amide bonds. The van der Waals surface area contributed by atoms with Gasteiger partial charge >= 0.3 is 6.09 Å². The first-order valence-corrected chi connectivity index (χ1v) is 9.38. The molecule has 0 aromatic carbocycles. The molecule has 5 nitrogen and oxygen atoms in total. The van der Waals surface area contributed by atoms with Crippen LogP contribution >= 0.6 is 0 Å². The lowest BCUT2D eigenvalue weighted by atomic mass is 9.90. The normalized spacial score (nSPS) is 30.9. The second-order valence-electron chi connectivity index (χ2n) is 8.45. The molecule has 0 aromatic rings. The predicted octanol–water partition coefficient (Wildman–Crippen LogP) is 2.60. The van der Waals surface area contributed by atoms with E-state index in [1.54, 1.807) is 0 Å². The first-order chi connectivity index (χ1) is 10.9. The third-order valence-electron chi connectivity index (χ3n) is 5.35. The fourth-order valence-corrected chi connectivity index (χ4v) is 3.97. The first-order valence-electron chi connectivity index (χ1n) is 9.38. The summed E-state index contributed by atoms with van der Waals surface area (Å²) >= 11 is 0. The van der Waals surface area contributed by atoms with Crippen molar-refractivity contribution in [1.82, 2.24) is 15.1 Å². The van der Waals surface area contributed by atoms with Crippen molar-refractivity contribution < 1.29 is 9.53 Å². The fraction of sp³-hybridized carbons (Fsp3) is 0.944. The van der Waals surface area contributed by atoms with Gasteiger partial charge in [-0.05, 0) is 59.3 Å². The Morgan fingerprint density at radius 1 is 0.870 bits per heavy atom. The average molecular weight is 323 g/mol. The number of rotatable bonds is 3. The summed E-state index contributed by atoms with van der Waals surface area (Å²) in [4.78, 5) is 17.2. The largest absolute Gasteiger partial charge is 0.444 e. The van der Waals surface area contributed by atoms with Crippen LogP contribution in [0.3, 0.4) is 0 Å². The summed E-state index contributed by atoms with van der Waals surface area (Å²) in [5, 5.41) is 3.04. The van der Waals surface area contributed by atoms with E-state index in [-0.39, 0.29) is 12.1 Å². The summed E-state index contributed by atoms with van der Waals surface area (Å²) in [5.74, 6) is 0. The molecule has 3 rings (SSSR count). The Kier molecular flexibility index (Phi) is 5.16. The molecule has 1 heterocycles. The maximum absolute atomic E-state index is 11.9. The van der Waals surface area contributed by atoms with E-state index in [4.69, 9.17) is 4.74 Å². The van der Waals surface area contributed by atoms with Crippen molar-refractivity contribution in [3.63, 3.8) is 0 Å². The molecule has 23 heavy (non-hydrogen) atoms. The highest BCUT2D eigenvalue weighted by Crippen LogP contribution is 2.29. The molecule has 1 saturated heterocycles. The number of nitrogens with zero attached hydrogens (tertiary/aromatic N) is 2. The van der Waals surface area contributed by atoms with E-state index >= 15 is 0 Å². The van der Waals surface area contributed by atoms with Crippen molar-refractivity contribution in [2.24, 2.45) is 0 Å². The van der Waals surface area contributed by atoms with Gasteiger partial charge in [0.05, 0.1) is 0 Å². The molecule has 132 valence electrons. The molecule has 0 unspecified atom stereocenters. The van der Waals surface area contributed by atoms with Gasteiger partial charge in [0.15, 0.2) is 0 Å². The van der Waals surface area contributed by atoms with Gasteiger partial charge in [0.25, 0.3) is 0 Å². The summed E-state index contributed by atoms with van der Waals surface area (Å²) < 4.78 is 5.36. The minimum atomic E-state index is -0.414. The van der Waals surface area contributed by atoms with E-state index in [2.05, 4.69) is 15.1 Å². The van der Waals surface area contributed by atoms with Crippen molar-refractivity contribution in [1.29, 1.82) is 0 Å². The summed E-state index contributed by atoms with van der Waals surface area (Å²) in [6.45, 7) is 10.7. The van der Waals surface area contributed by atoms with Crippen LogP contribution in [0, 0.1) is 0 Å². The van der Waals surface area contributed by atoms with E-state index in [9.17, 15) is 4.79 Å². The van der Waals surface area contributed by atoms with Crippen molar-refractivity contribution in [3.8, 4) is 0 Å². The third-order valence-corrected chi connectivity index (χ3v) is 5.35. The Morgan fingerprint density at radius 3 is 1.70 bits per heavy atom. The Morgan fingerprint density at radius 2 is 1.30 bits per heavy atom. The summed E-state index contributed by atoms with van der Waals surface area (Å²) in [7, 11) is 0. The van der Waals surface area contributed by atoms with Gasteiger partial charge in [0.2, 0.25) is 0 Å². The first kappa shape index (κ1) is 17.0. The zero-order valence-electron chi connectivity index (χ0n) is 15.0. The molecule has 0 bridgehead atoms. The van der Waals surface area contributed by atoms with Gasteiger partial charge in [-0.2, -0.15) is 0 Å². The number of carbonyl (C=O) groups excluding carboxylic acids is 1. The minimum absolute atomic E-state index is 0.265. The minimum Gasteiger partial charge on any atom is -0.444 e. The van der Waals surface area contributed by atoms with Crippen LogP contribution in [0.2, 0.25) is 0 Å². The smallest absolute Gasteiger partial charge is 0.407 e. The third kappa shape index (κ3) is 5.08. The lowest BCUT2D eigenvalue weighted by molar-refractivity contribution is 0.0447. The lowest BCUT2D eigenvalue weighted by Gasteiger charge is -2.42. The topological polar surface area (TPSA) is 44.8 Å². The van der Waals surface area contributed by atoms with Crippen molar-refractivity contribution in [2.75, 3.05) is 26.2 Å². The zero-order chi connectivity index (χ0) is 16.4. The Labute approximate surface area is 140 Å². The summed E-state index contributed by atoms with van der Waals surface area (Å²) in [6.07, 6.45) is 7.12. The number of amides is 1. The number of hydrogen-bond acceptors (Lipinski definition) is 4. The van der Waals surface area contributed by atoms with Crippen LogP contribution in [0.4, 0.5) is 4.79 Å². The van der Waals surface area contributed by atoms with E-state index < -0.39 is 5.60 Å². The maximum Gasteiger partial charge on any atom is 0.407 e. The fourth-order valence-electron chi connectivity index (χ4n) is 3.97. The molecule has 1 N–H and O–H groups in total. The van der Waals surface area contributed by atoms with Crippen molar-refractivity contribution in [3.05, 3.63) is 0 Å². The molecule has 0 radical (unpaired) electrons. The van der Waals surface area contributed by atoms with Gasteiger partial charge in [-0.25, -0.2) is 4.79 Å². The van der Waals surface area contributed by atoms with Gasteiger partial charge in [0, 0.05) is 44.3 Å². The van der Waals surface area contributed by atoms with E-state index in [0.29, 0.717) is 6.04 Å². The lowest BCUT2D eigenvalue weighted by Crippen LogP contribution is -2.52. The molecule has 5 heteroatoms. The number of alkyl carbamates (subject to hydrolysis) is 1. The van der Waals surface area contributed by atoms with Gasteiger partial charge in [-0.15, -0.1) is 0 Å². The molecule has 2 aliphatic carbocycles. The predicted molar refractivity (Wildman–Crippen MR) is 91.6 cm³/mol. The van der Waals surface area contributed by atoms with Crippen LogP contribution in [0.1, 0.15) is 59.3 Å². The van der Waals surface area contributed by atoms with Crippen LogP contribution in [0.5, 0.6) is 0 Å². The van der Waals surface area contributed by atoms with Gasteiger partial charge in [-0.3, -0.25) is 9.80 Å². The number of piperazine rings is 1. The molecule has 1 aliphatic heterocycles. The van der Waals surface area contributed by atoms with Crippen molar-refractivity contribution in [2.45, 2.75) is 83.0 Å². The van der Waals surface area contributed by atoms with Gasteiger partial charge in [-0.1, -0.05) is 0 Å². The van der Waals surface area contributed by atoms with E-state index in [0.717, 1.165) is 18.9 Å². The van der Waals surface area contributed by atoms with E-state index in [1.165, 1.54) is 51.9 Å². The summed E-state index contributed by atoms with van der Waals surface area (Å²) in [6, 6.07) is 1.91. The molecule has 0 atom stereocenters. The van der Waals surface area contributed by atoms with Crippen LogP contribution < -0.4 is 5.32 Å². The van der Waals surface area contributed by atoms with Crippen molar-refractivity contribution >= 4 is 6.09 Å². The molecule has 0 spiro atoms. The molecule has 3 fully saturated rings. The number of nitrogens with one attached hydrogen (secondary N) is 1. The average Bonchev–Trinajstić information content (AvgIpc) is 3.31. The molecular formula is C18H33N3O2. The standard InChI is InChI=1S/C18H33N3O2/c1-18(2,3)23-17(22)19-14-4-6-15(7-5-14)20-10-12-21(13-11-20)16-8-9-16/h14-16H,4-13H2,1-3H3,(H,19,22)/t14-,15+. The van der Waals surface area contributed by atoms with E-state index in [1.807, 2.05) is 20.8 Å². The summed E-state index contributed by atoms with van der Waals surface area (Å²) in [5.41, 5.74) is -0.414.